The van der Waals surface area contributed by atoms with E-state index < -0.39 is 0 Å². The van der Waals surface area contributed by atoms with E-state index in [2.05, 4.69) is 20.6 Å². The molecule has 0 spiro atoms. The molecule has 0 bridgehead atoms. The van der Waals surface area contributed by atoms with Gasteiger partial charge in [-0.3, -0.25) is 9.98 Å². The monoisotopic (exact) mass is 444 g/mol. The van der Waals surface area contributed by atoms with Crippen molar-refractivity contribution in [2.24, 2.45) is 21.5 Å². The van der Waals surface area contributed by atoms with Crippen LogP contribution in [0.1, 0.15) is 25.7 Å². The van der Waals surface area contributed by atoms with E-state index in [1.165, 1.54) is 0 Å². The minimum Gasteiger partial charge on any atom is -0.383 e. The highest BCUT2D eigenvalue weighted by Gasteiger charge is 1.93. The Kier molecular flexibility index (Phi) is 20.4. The molecule has 0 radical (unpaired) electrons. The number of nitrogens with one attached hydrogen (secondary N) is 2. The first-order valence-corrected chi connectivity index (χ1v) is 7.76. The lowest BCUT2D eigenvalue weighted by molar-refractivity contribution is 0.204. The number of aliphatic imine (C=N–C) groups is 2. The molecule has 0 atom stereocenters. The van der Waals surface area contributed by atoms with Gasteiger partial charge in [0.1, 0.15) is 0 Å². The quantitative estimate of drug-likeness (QED) is 0.140. The van der Waals surface area contributed by atoms with Gasteiger partial charge in [-0.05, 0) is 12.8 Å². The molecule has 0 aromatic carbocycles. The Labute approximate surface area is 156 Å². The number of guanidine groups is 2. The number of halogens is 1. The van der Waals surface area contributed by atoms with Crippen molar-refractivity contribution in [1.82, 2.24) is 10.6 Å². The third-order valence-corrected chi connectivity index (χ3v) is 2.86. The summed E-state index contributed by atoms with van der Waals surface area (Å²) in [5.41, 5.74) is 11.4. The van der Waals surface area contributed by atoms with Crippen LogP contribution in [0.15, 0.2) is 9.98 Å². The number of hydrogen-bond acceptors (Lipinski definition) is 4. The average molecular weight is 444 g/mol. The van der Waals surface area contributed by atoms with Crippen LogP contribution < -0.4 is 22.1 Å². The summed E-state index contributed by atoms with van der Waals surface area (Å²) in [6.07, 6.45) is 4.28. The van der Waals surface area contributed by atoms with E-state index in [0.717, 1.165) is 38.8 Å². The molecule has 0 aromatic heterocycles. The molecule has 0 aromatic rings. The van der Waals surface area contributed by atoms with E-state index in [1.54, 1.807) is 14.2 Å². The van der Waals surface area contributed by atoms with Crippen LogP contribution in [-0.2, 0) is 9.47 Å². The summed E-state index contributed by atoms with van der Waals surface area (Å²) >= 11 is 0. The number of hydrogen-bond donors (Lipinski definition) is 4. The molecular formula is C14H33IN6O2. The smallest absolute Gasteiger partial charge is 0.188 e. The minimum atomic E-state index is 0. The fourth-order valence-corrected chi connectivity index (χ4v) is 1.65. The predicted molar refractivity (Wildman–Crippen MR) is 107 cm³/mol. The Bertz CT molecular complexity index is 286. The lowest BCUT2D eigenvalue weighted by Crippen LogP contribution is -2.34. The average Bonchev–Trinajstić information content (AvgIpc) is 2.50. The number of rotatable bonds is 13. The molecule has 0 saturated heterocycles. The predicted octanol–water partition coefficient (Wildman–Crippen LogP) is 0.266. The van der Waals surface area contributed by atoms with Crippen molar-refractivity contribution in [3.8, 4) is 0 Å². The molecular weight excluding hydrogens is 411 g/mol. The highest BCUT2D eigenvalue weighted by Crippen LogP contribution is 2.00. The highest BCUT2D eigenvalue weighted by molar-refractivity contribution is 14.0. The van der Waals surface area contributed by atoms with Crippen molar-refractivity contribution >= 4 is 35.9 Å². The summed E-state index contributed by atoms with van der Waals surface area (Å²) < 4.78 is 9.83. The Balaban J connectivity index is 0. The van der Waals surface area contributed by atoms with E-state index in [1.807, 2.05) is 0 Å². The second-order valence-electron chi connectivity index (χ2n) is 4.79. The van der Waals surface area contributed by atoms with Gasteiger partial charge < -0.3 is 31.6 Å². The van der Waals surface area contributed by atoms with E-state index in [0.29, 0.717) is 38.2 Å². The van der Waals surface area contributed by atoms with Gasteiger partial charge in [-0.25, -0.2) is 0 Å². The van der Waals surface area contributed by atoms with Gasteiger partial charge in [0.15, 0.2) is 11.9 Å². The van der Waals surface area contributed by atoms with Crippen LogP contribution in [0.3, 0.4) is 0 Å². The summed E-state index contributed by atoms with van der Waals surface area (Å²) in [7, 11) is 3.31. The first kappa shape index (κ1) is 24.4. The van der Waals surface area contributed by atoms with Crippen molar-refractivity contribution in [3.05, 3.63) is 0 Å². The van der Waals surface area contributed by atoms with Crippen molar-refractivity contribution in [2.45, 2.75) is 25.7 Å². The van der Waals surface area contributed by atoms with Crippen molar-refractivity contribution in [3.63, 3.8) is 0 Å². The Morgan fingerprint density at radius 3 is 1.52 bits per heavy atom. The molecule has 9 heteroatoms. The van der Waals surface area contributed by atoms with E-state index in [-0.39, 0.29) is 24.0 Å². The van der Waals surface area contributed by atoms with Gasteiger partial charge in [0.25, 0.3) is 0 Å². The van der Waals surface area contributed by atoms with Gasteiger partial charge >= 0.3 is 0 Å². The van der Waals surface area contributed by atoms with Gasteiger partial charge in [-0.2, -0.15) is 0 Å². The normalized spacial score (nSPS) is 11.9. The largest absolute Gasteiger partial charge is 0.383 e. The summed E-state index contributed by atoms with van der Waals surface area (Å²) in [5.74, 6) is 0.966. The SMILES string of the molecule is COCCNC(N)=NCCCCCCN=C(N)NCCOC.I. The zero-order chi connectivity index (χ0) is 16.5. The number of methoxy groups -OCH3 is 2. The van der Waals surface area contributed by atoms with Gasteiger partial charge in [0, 0.05) is 40.4 Å². The standard InChI is InChI=1S/C14H32N6O2.HI/c1-21-11-9-19-13(15)17-7-5-3-4-6-8-18-14(16)20-10-12-22-2;/h3-12H2,1-2H3,(H3,15,17,19)(H3,16,18,20);1H. The fraction of sp³-hybridized carbons (Fsp3) is 0.857. The van der Waals surface area contributed by atoms with Gasteiger partial charge in [-0.15, -0.1) is 24.0 Å². The van der Waals surface area contributed by atoms with E-state index in [4.69, 9.17) is 20.9 Å². The van der Waals surface area contributed by atoms with Crippen molar-refractivity contribution < 1.29 is 9.47 Å². The molecule has 23 heavy (non-hydrogen) atoms. The fourth-order valence-electron chi connectivity index (χ4n) is 1.65. The molecule has 0 aliphatic carbocycles. The Hall–Kier alpha value is -0.810. The van der Waals surface area contributed by atoms with Crippen LogP contribution >= 0.6 is 24.0 Å². The van der Waals surface area contributed by atoms with Crippen LogP contribution in [0, 0.1) is 0 Å². The van der Waals surface area contributed by atoms with Crippen LogP contribution in [-0.4, -0.2) is 65.5 Å². The van der Waals surface area contributed by atoms with Gasteiger partial charge in [0.2, 0.25) is 0 Å². The summed E-state index contributed by atoms with van der Waals surface area (Å²) in [6, 6.07) is 0. The van der Waals surface area contributed by atoms with Gasteiger partial charge in [0.05, 0.1) is 13.2 Å². The maximum Gasteiger partial charge on any atom is 0.188 e. The molecule has 8 nitrogen and oxygen atoms in total. The van der Waals surface area contributed by atoms with Crippen LogP contribution in [0.25, 0.3) is 0 Å². The molecule has 0 amide bonds. The topological polar surface area (TPSA) is 119 Å². The molecule has 0 fully saturated rings. The molecule has 0 saturated carbocycles. The highest BCUT2D eigenvalue weighted by atomic mass is 127. The maximum atomic E-state index is 5.70. The molecule has 6 N–H and O–H groups in total. The third-order valence-electron chi connectivity index (χ3n) is 2.86. The Morgan fingerprint density at radius 2 is 1.17 bits per heavy atom. The van der Waals surface area contributed by atoms with Crippen LogP contribution in [0.4, 0.5) is 0 Å². The molecule has 0 unspecified atom stereocenters. The van der Waals surface area contributed by atoms with E-state index in [9.17, 15) is 0 Å². The van der Waals surface area contributed by atoms with Gasteiger partial charge in [-0.1, -0.05) is 12.8 Å². The first-order valence-electron chi connectivity index (χ1n) is 7.76. The van der Waals surface area contributed by atoms with Crippen LogP contribution in [0.2, 0.25) is 0 Å². The van der Waals surface area contributed by atoms with Crippen molar-refractivity contribution in [1.29, 1.82) is 0 Å². The second-order valence-corrected chi connectivity index (χ2v) is 4.79. The summed E-state index contributed by atoms with van der Waals surface area (Å²) in [4.78, 5) is 8.48. The number of ether oxygens (including phenoxy) is 2. The molecule has 0 heterocycles. The molecule has 138 valence electrons. The Morgan fingerprint density at radius 1 is 0.783 bits per heavy atom. The zero-order valence-electron chi connectivity index (χ0n) is 14.3. The number of nitrogens with zero attached hydrogens (tertiary/aromatic N) is 2. The van der Waals surface area contributed by atoms with E-state index >= 15 is 0 Å². The lowest BCUT2D eigenvalue weighted by Gasteiger charge is -2.05. The third kappa shape index (κ3) is 19.1. The maximum absolute atomic E-state index is 5.70. The summed E-state index contributed by atoms with van der Waals surface area (Å²) in [5, 5.41) is 5.97. The molecule has 0 rings (SSSR count). The number of nitrogens with two attached hydrogens (primary N) is 2. The molecule has 0 aliphatic rings. The lowest BCUT2D eigenvalue weighted by atomic mass is 10.2. The van der Waals surface area contributed by atoms with Crippen LogP contribution in [0.5, 0.6) is 0 Å². The summed E-state index contributed by atoms with van der Waals surface area (Å²) in [6.45, 7) is 4.11. The minimum absolute atomic E-state index is 0. The zero-order valence-corrected chi connectivity index (χ0v) is 16.7. The molecule has 0 aliphatic heterocycles. The van der Waals surface area contributed by atoms with Crippen molar-refractivity contribution in [2.75, 3.05) is 53.6 Å². The second kappa shape index (κ2) is 19.2. The number of unbranched alkanes of at least 4 members (excludes halogenated alkanes) is 3. The first-order chi connectivity index (χ1) is 10.7.